The summed E-state index contributed by atoms with van der Waals surface area (Å²) in [5.41, 5.74) is 1.22. The van der Waals surface area contributed by atoms with E-state index < -0.39 is 16.1 Å². The van der Waals surface area contributed by atoms with E-state index in [0.717, 1.165) is 5.69 Å². The Hall–Kier alpha value is -2.74. The van der Waals surface area contributed by atoms with Gasteiger partial charge >= 0.3 is 0 Å². The molecule has 1 amide bonds. The van der Waals surface area contributed by atoms with Crippen LogP contribution >= 0.6 is 0 Å². The van der Waals surface area contributed by atoms with E-state index in [-0.39, 0.29) is 29.1 Å². The minimum absolute atomic E-state index is 0.108. The van der Waals surface area contributed by atoms with E-state index in [9.17, 15) is 13.2 Å². The quantitative estimate of drug-likeness (QED) is 0.830. The number of carbonyl (C=O) groups excluding carboxylic acids is 1. The van der Waals surface area contributed by atoms with Crippen LogP contribution in [0.25, 0.3) is 0 Å². The molecular formula is C18H20N4O3S. The first-order valence-electron chi connectivity index (χ1n) is 8.26. The van der Waals surface area contributed by atoms with Gasteiger partial charge in [0.15, 0.2) is 0 Å². The number of pyridine rings is 1. The molecule has 26 heavy (non-hydrogen) atoms. The Balaban J connectivity index is 1.83. The second-order valence-electron chi connectivity index (χ2n) is 6.31. The Morgan fingerprint density at radius 2 is 1.92 bits per heavy atom. The van der Waals surface area contributed by atoms with Crippen LogP contribution in [0.3, 0.4) is 0 Å². The molecule has 2 N–H and O–H groups in total. The minimum Gasteiger partial charge on any atom is -0.349 e. The number of nitrogens with zero attached hydrogens (tertiary/aromatic N) is 2. The van der Waals surface area contributed by atoms with Gasteiger partial charge in [0.25, 0.3) is 10.0 Å². The summed E-state index contributed by atoms with van der Waals surface area (Å²) < 4.78 is 26.8. The van der Waals surface area contributed by atoms with Gasteiger partial charge < -0.3 is 5.32 Å². The predicted octanol–water partition coefficient (Wildman–Crippen LogP) is 1.46. The van der Waals surface area contributed by atoms with E-state index in [1.807, 2.05) is 26.0 Å². The van der Waals surface area contributed by atoms with E-state index >= 15 is 0 Å². The van der Waals surface area contributed by atoms with Crippen molar-refractivity contribution in [2.24, 2.45) is 10.9 Å². The number of fused-ring (bicyclic) bond motifs is 1. The van der Waals surface area contributed by atoms with Crippen LogP contribution in [0.15, 0.2) is 58.5 Å². The molecule has 0 spiro atoms. The number of amidine groups is 1. The van der Waals surface area contributed by atoms with Crippen molar-refractivity contribution in [3.8, 4) is 0 Å². The highest BCUT2D eigenvalue weighted by Gasteiger charge is 2.32. The van der Waals surface area contributed by atoms with Crippen molar-refractivity contribution in [2.75, 3.05) is 0 Å². The van der Waals surface area contributed by atoms with Crippen LogP contribution in [0.2, 0.25) is 0 Å². The Kier molecular flexibility index (Phi) is 5.03. The summed E-state index contributed by atoms with van der Waals surface area (Å²) in [6, 6.07) is 11.3. The molecule has 0 saturated carbocycles. The van der Waals surface area contributed by atoms with Gasteiger partial charge in [0.05, 0.1) is 17.1 Å². The largest absolute Gasteiger partial charge is 0.349 e. The maximum atomic E-state index is 12.6. The second-order valence-corrected chi connectivity index (χ2v) is 7.96. The number of nitrogens with one attached hydrogen (secondary N) is 2. The van der Waals surface area contributed by atoms with Crippen molar-refractivity contribution in [1.29, 1.82) is 0 Å². The third kappa shape index (κ3) is 3.75. The molecule has 7 nitrogen and oxygen atoms in total. The van der Waals surface area contributed by atoms with Gasteiger partial charge in [0, 0.05) is 11.8 Å². The van der Waals surface area contributed by atoms with Crippen LogP contribution in [-0.2, 0) is 21.4 Å². The van der Waals surface area contributed by atoms with Crippen molar-refractivity contribution in [3.63, 3.8) is 0 Å². The molecule has 136 valence electrons. The van der Waals surface area contributed by atoms with Gasteiger partial charge in [-0.05, 0) is 30.2 Å². The van der Waals surface area contributed by atoms with Gasteiger partial charge in [0.2, 0.25) is 5.91 Å². The average molecular weight is 372 g/mol. The normalized spacial score (nSPS) is 17.6. The van der Waals surface area contributed by atoms with Gasteiger partial charge in [-0.3, -0.25) is 19.5 Å². The summed E-state index contributed by atoms with van der Waals surface area (Å²) >= 11 is 0. The van der Waals surface area contributed by atoms with Crippen molar-refractivity contribution in [1.82, 2.24) is 15.0 Å². The fourth-order valence-corrected chi connectivity index (χ4v) is 3.90. The van der Waals surface area contributed by atoms with E-state index in [1.54, 1.807) is 30.5 Å². The van der Waals surface area contributed by atoms with Crippen molar-refractivity contribution in [2.45, 2.75) is 31.3 Å². The summed E-state index contributed by atoms with van der Waals surface area (Å²) in [7, 11) is -3.63. The molecule has 0 unspecified atom stereocenters. The number of aromatic nitrogens is 1. The van der Waals surface area contributed by atoms with Gasteiger partial charge in [-0.1, -0.05) is 32.0 Å². The fraction of sp³-hybridized carbons (Fsp3) is 0.278. The maximum absolute atomic E-state index is 12.6. The summed E-state index contributed by atoms with van der Waals surface area (Å²) in [5.74, 6) is -0.183. The summed E-state index contributed by atoms with van der Waals surface area (Å²) in [6.07, 6.45) is 1.66. The molecule has 3 rings (SSSR count). The molecule has 0 radical (unpaired) electrons. The van der Waals surface area contributed by atoms with Crippen LogP contribution in [0, 0.1) is 5.92 Å². The number of sulfonamides is 1. The molecule has 1 aliphatic heterocycles. The molecule has 1 aliphatic rings. The Bertz CT molecular complexity index is 940. The lowest BCUT2D eigenvalue weighted by molar-refractivity contribution is -0.123. The van der Waals surface area contributed by atoms with Crippen molar-refractivity contribution >= 4 is 21.8 Å². The monoisotopic (exact) mass is 372 g/mol. The molecule has 0 fully saturated rings. The van der Waals surface area contributed by atoms with Crippen LogP contribution in [0.5, 0.6) is 0 Å². The van der Waals surface area contributed by atoms with E-state index in [2.05, 4.69) is 20.0 Å². The smallest absolute Gasteiger partial charge is 0.263 e. The van der Waals surface area contributed by atoms with Gasteiger partial charge in [-0.2, -0.15) is 0 Å². The lowest BCUT2D eigenvalue weighted by Gasteiger charge is -2.17. The van der Waals surface area contributed by atoms with Gasteiger partial charge in [-0.25, -0.2) is 8.42 Å². The molecule has 1 aromatic carbocycles. The van der Waals surface area contributed by atoms with Gasteiger partial charge in [-0.15, -0.1) is 0 Å². The van der Waals surface area contributed by atoms with Crippen LogP contribution in [-0.4, -0.2) is 31.2 Å². The molecular weight excluding hydrogens is 352 g/mol. The molecule has 0 bridgehead atoms. The predicted molar refractivity (Wildman–Crippen MR) is 98.0 cm³/mol. The van der Waals surface area contributed by atoms with Gasteiger partial charge in [0.1, 0.15) is 11.9 Å². The third-order valence-corrected chi connectivity index (χ3v) is 5.40. The van der Waals surface area contributed by atoms with E-state index in [0.29, 0.717) is 5.56 Å². The van der Waals surface area contributed by atoms with E-state index in [1.165, 1.54) is 6.07 Å². The topological polar surface area (TPSA) is 101 Å². The van der Waals surface area contributed by atoms with Crippen molar-refractivity contribution < 1.29 is 13.2 Å². The standard InChI is InChI=1S/C18H20N4O3S/c1-12(2)16(18(23)20-11-13-7-5-6-10-19-13)21-17-14-8-3-4-9-15(14)26(24,25)22-17/h3-10,12,16H,11H2,1-2H3,(H,20,23)(H,21,22)/t16-/m0/s1. The number of carbonyl (C=O) groups is 1. The summed E-state index contributed by atoms with van der Waals surface area (Å²) in [5, 5.41) is 2.81. The number of aliphatic imine (C=N–C) groups is 1. The second kappa shape index (κ2) is 7.25. The highest BCUT2D eigenvalue weighted by Crippen LogP contribution is 2.23. The number of rotatable bonds is 5. The lowest BCUT2D eigenvalue weighted by Crippen LogP contribution is -2.38. The summed E-state index contributed by atoms with van der Waals surface area (Å²) in [4.78, 5) is 21.4. The summed E-state index contributed by atoms with van der Waals surface area (Å²) in [6.45, 7) is 4.02. The maximum Gasteiger partial charge on any atom is 0.263 e. The molecule has 8 heteroatoms. The zero-order valence-corrected chi connectivity index (χ0v) is 15.3. The third-order valence-electron chi connectivity index (χ3n) is 4.00. The minimum atomic E-state index is -3.63. The van der Waals surface area contributed by atoms with Crippen LogP contribution in [0.1, 0.15) is 25.1 Å². The average Bonchev–Trinajstić information content (AvgIpc) is 2.89. The van der Waals surface area contributed by atoms with Crippen LogP contribution < -0.4 is 10.0 Å². The Morgan fingerprint density at radius 3 is 2.62 bits per heavy atom. The first kappa shape index (κ1) is 18.1. The molecule has 0 saturated heterocycles. The number of amides is 1. The molecule has 1 aromatic heterocycles. The van der Waals surface area contributed by atoms with E-state index in [4.69, 9.17) is 0 Å². The first-order valence-corrected chi connectivity index (χ1v) is 9.74. The first-order chi connectivity index (χ1) is 12.4. The number of hydrogen-bond acceptors (Lipinski definition) is 5. The molecule has 2 heterocycles. The zero-order chi connectivity index (χ0) is 18.7. The number of benzene rings is 1. The fourth-order valence-electron chi connectivity index (χ4n) is 2.66. The SMILES string of the molecule is CC(C)[C@H](N=C1NS(=O)(=O)c2ccccc21)C(=O)NCc1ccccn1. The zero-order valence-electron chi connectivity index (χ0n) is 14.5. The molecule has 2 aromatic rings. The highest BCUT2D eigenvalue weighted by atomic mass is 32.2. The molecule has 0 aliphatic carbocycles. The Labute approximate surface area is 152 Å². The lowest BCUT2D eigenvalue weighted by atomic mass is 10.0. The molecule has 1 atom stereocenters. The highest BCUT2D eigenvalue weighted by molar-refractivity contribution is 7.90. The van der Waals surface area contributed by atoms with Crippen molar-refractivity contribution in [3.05, 3.63) is 59.9 Å². The van der Waals surface area contributed by atoms with Crippen LogP contribution in [0.4, 0.5) is 0 Å². The Morgan fingerprint density at radius 1 is 1.19 bits per heavy atom. The number of hydrogen-bond donors (Lipinski definition) is 2.